The Kier molecular flexibility index (Phi) is 7.92. The lowest BCUT2D eigenvalue weighted by atomic mass is 10.1. The smallest absolute Gasteiger partial charge is 0.00387 e. The summed E-state index contributed by atoms with van der Waals surface area (Å²) in [6, 6.07) is 0.737. The van der Waals surface area contributed by atoms with Gasteiger partial charge in [0, 0.05) is 6.04 Å². The number of rotatable bonds is 11. The molecule has 1 atom stereocenters. The second kappa shape index (κ2) is 9.04. The molecule has 1 unspecified atom stereocenters. The topological polar surface area (TPSA) is 12.0 Å². The predicted molar refractivity (Wildman–Crippen MR) is 72.8 cm³/mol. The number of unbranched alkanes of at least 4 members (excludes halogenated alkanes) is 4. The van der Waals surface area contributed by atoms with Crippen LogP contribution in [0.5, 0.6) is 0 Å². The van der Waals surface area contributed by atoms with Gasteiger partial charge in [0.1, 0.15) is 0 Å². The van der Waals surface area contributed by atoms with E-state index in [9.17, 15) is 0 Å². The molecule has 0 aliphatic heterocycles. The molecule has 0 spiro atoms. The molecule has 1 aliphatic rings. The Hall–Kier alpha value is -0.0400. The summed E-state index contributed by atoms with van der Waals surface area (Å²) < 4.78 is 0. The second-order valence-electron chi connectivity index (χ2n) is 5.64. The predicted octanol–water partition coefficient (Wildman–Crippen LogP) is 4.52. The fraction of sp³-hybridized carbons (Fsp3) is 1.00. The van der Waals surface area contributed by atoms with Gasteiger partial charge in [-0.05, 0) is 38.6 Å². The van der Waals surface area contributed by atoms with Crippen LogP contribution in [0.15, 0.2) is 0 Å². The molecule has 96 valence electrons. The van der Waals surface area contributed by atoms with Gasteiger partial charge in [-0.3, -0.25) is 0 Å². The van der Waals surface area contributed by atoms with Crippen molar-refractivity contribution >= 4 is 0 Å². The fourth-order valence-electron chi connectivity index (χ4n) is 2.30. The number of hydrogen-bond acceptors (Lipinski definition) is 1. The van der Waals surface area contributed by atoms with Gasteiger partial charge in [-0.15, -0.1) is 0 Å². The molecule has 0 aromatic heterocycles. The highest BCUT2D eigenvalue weighted by molar-refractivity contribution is 4.73. The van der Waals surface area contributed by atoms with Crippen LogP contribution >= 0.6 is 0 Å². The van der Waals surface area contributed by atoms with E-state index in [1.54, 1.807) is 0 Å². The van der Waals surface area contributed by atoms with Crippen LogP contribution in [0.3, 0.4) is 0 Å². The number of hydrogen-bond donors (Lipinski definition) is 1. The van der Waals surface area contributed by atoms with Crippen molar-refractivity contribution in [3.63, 3.8) is 0 Å². The van der Waals surface area contributed by atoms with Gasteiger partial charge in [-0.2, -0.15) is 0 Å². The molecule has 0 amide bonds. The zero-order valence-electron chi connectivity index (χ0n) is 11.4. The van der Waals surface area contributed by atoms with E-state index in [0.717, 1.165) is 12.0 Å². The maximum absolute atomic E-state index is 3.66. The lowest BCUT2D eigenvalue weighted by Crippen LogP contribution is -2.26. The van der Waals surface area contributed by atoms with Crippen LogP contribution < -0.4 is 5.32 Å². The van der Waals surface area contributed by atoms with Crippen molar-refractivity contribution in [2.45, 2.75) is 84.1 Å². The first-order valence-corrected chi connectivity index (χ1v) is 7.56. The van der Waals surface area contributed by atoms with Crippen LogP contribution in [-0.4, -0.2) is 12.6 Å². The van der Waals surface area contributed by atoms with E-state index in [0.29, 0.717) is 0 Å². The third-order valence-electron chi connectivity index (χ3n) is 3.72. The average molecular weight is 225 g/mol. The van der Waals surface area contributed by atoms with Crippen LogP contribution in [0.4, 0.5) is 0 Å². The summed E-state index contributed by atoms with van der Waals surface area (Å²) in [4.78, 5) is 0. The highest BCUT2D eigenvalue weighted by atomic mass is 14.9. The van der Waals surface area contributed by atoms with E-state index in [-0.39, 0.29) is 0 Å². The van der Waals surface area contributed by atoms with Gasteiger partial charge >= 0.3 is 0 Å². The number of nitrogens with one attached hydrogen (secondary N) is 1. The first kappa shape index (κ1) is 14.0. The maximum atomic E-state index is 3.66. The molecule has 0 radical (unpaired) electrons. The van der Waals surface area contributed by atoms with Crippen LogP contribution in [0, 0.1) is 5.92 Å². The summed E-state index contributed by atoms with van der Waals surface area (Å²) in [5.74, 6) is 1.10. The monoisotopic (exact) mass is 225 g/mol. The van der Waals surface area contributed by atoms with Crippen molar-refractivity contribution in [3.8, 4) is 0 Å². The lowest BCUT2D eigenvalue weighted by Gasteiger charge is -2.13. The first-order chi connectivity index (χ1) is 7.83. The quantitative estimate of drug-likeness (QED) is 0.510. The molecule has 1 aliphatic carbocycles. The minimum atomic E-state index is 0.737. The zero-order valence-corrected chi connectivity index (χ0v) is 11.4. The van der Waals surface area contributed by atoms with Crippen molar-refractivity contribution in [2.75, 3.05) is 6.54 Å². The molecule has 0 aromatic carbocycles. The highest BCUT2D eigenvalue weighted by Crippen LogP contribution is 2.33. The Labute approximate surface area is 102 Å². The molecule has 1 rings (SSSR count). The third kappa shape index (κ3) is 8.15. The van der Waals surface area contributed by atoms with E-state index >= 15 is 0 Å². The Morgan fingerprint density at radius 1 is 1.06 bits per heavy atom. The van der Waals surface area contributed by atoms with Gasteiger partial charge < -0.3 is 5.32 Å². The summed E-state index contributed by atoms with van der Waals surface area (Å²) >= 11 is 0. The normalized spacial score (nSPS) is 17.6. The maximum Gasteiger partial charge on any atom is 0.00387 e. The molecule has 1 N–H and O–H groups in total. The first-order valence-electron chi connectivity index (χ1n) is 7.56. The van der Waals surface area contributed by atoms with E-state index < -0.39 is 0 Å². The van der Waals surface area contributed by atoms with Gasteiger partial charge in [-0.1, -0.05) is 51.9 Å². The van der Waals surface area contributed by atoms with E-state index in [1.165, 1.54) is 70.8 Å². The average Bonchev–Trinajstić information content (AvgIpc) is 3.08. The third-order valence-corrected chi connectivity index (χ3v) is 3.72. The zero-order chi connectivity index (χ0) is 11.6. The summed E-state index contributed by atoms with van der Waals surface area (Å²) in [7, 11) is 0. The van der Waals surface area contributed by atoms with Gasteiger partial charge in [0.05, 0.1) is 0 Å². The Balaban J connectivity index is 1.76. The second-order valence-corrected chi connectivity index (χ2v) is 5.64. The molecule has 0 aromatic rings. The molecular formula is C15H31N. The molecule has 0 saturated heterocycles. The van der Waals surface area contributed by atoms with E-state index in [1.807, 2.05) is 0 Å². The molecule has 0 heterocycles. The van der Waals surface area contributed by atoms with Crippen molar-refractivity contribution < 1.29 is 0 Å². The Morgan fingerprint density at radius 2 is 1.81 bits per heavy atom. The van der Waals surface area contributed by atoms with Gasteiger partial charge in [-0.25, -0.2) is 0 Å². The Morgan fingerprint density at radius 3 is 2.50 bits per heavy atom. The summed E-state index contributed by atoms with van der Waals surface area (Å²) in [5.41, 5.74) is 0. The van der Waals surface area contributed by atoms with Crippen molar-refractivity contribution in [1.29, 1.82) is 0 Å². The van der Waals surface area contributed by atoms with Crippen molar-refractivity contribution in [3.05, 3.63) is 0 Å². The molecule has 1 heteroatoms. The Bertz CT molecular complexity index is 152. The van der Waals surface area contributed by atoms with E-state index in [2.05, 4.69) is 19.2 Å². The molecular weight excluding hydrogens is 194 g/mol. The van der Waals surface area contributed by atoms with Gasteiger partial charge in [0.15, 0.2) is 0 Å². The van der Waals surface area contributed by atoms with Crippen LogP contribution in [-0.2, 0) is 0 Å². The fourth-order valence-corrected chi connectivity index (χ4v) is 2.30. The van der Waals surface area contributed by atoms with Crippen molar-refractivity contribution in [1.82, 2.24) is 5.32 Å². The molecule has 0 bridgehead atoms. The van der Waals surface area contributed by atoms with Gasteiger partial charge in [0.2, 0.25) is 0 Å². The lowest BCUT2D eigenvalue weighted by molar-refractivity contribution is 0.467. The summed E-state index contributed by atoms with van der Waals surface area (Å²) in [6.07, 6.45) is 14.3. The molecule has 1 fully saturated rings. The van der Waals surface area contributed by atoms with Crippen LogP contribution in [0.25, 0.3) is 0 Å². The molecule has 1 saturated carbocycles. The van der Waals surface area contributed by atoms with Crippen LogP contribution in [0.2, 0.25) is 0 Å². The molecule has 1 nitrogen and oxygen atoms in total. The standard InChI is InChI=1S/C15H31N/c1-3-4-5-6-7-9-14(2)16-13-8-10-15-11-12-15/h14-16H,3-13H2,1-2H3. The molecule has 16 heavy (non-hydrogen) atoms. The van der Waals surface area contributed by atoms with Crippen molar-refractivity contribution in [2.24, 2.45) is 5.92 Å². The SMILES string of the molecule is CCCCCCCC(C)NCCCC1CC1. The highest BCUT2D eigenvalue weighted by Gasteiger charge is 2.19. The summed E-state index contributed by atoms with van der Waals surface area (Å²) in [5, 5.41) is 3.66. The minimum Gasteiger partial charge on any atom is -0.314 e. The van der Waals surface area contributed by atoms with Crippen LogP contribution in [0.1, 0.15) is 78.1 Å². The minimum absolute atomic E-state index is 0.737. The largest absolute Gasteiger partial charge is 0.314 e. The van der Waals surface area contributed by atoms with Gasteiger partial charge in [0.25, 0.3) is 0 Å². The van der Waals surface area contributed by atoms with E-state index in [4.69, 9.17) is 0 Å². The summed E-state index contributed by atoms with van der Waals surface area (Å²) in [6.45, 7) is 5.87.